The lowest BCUT2D eigenvalue weighted by Gasteiger charge is -2.35. The highest BCUT2D eigenvalue weighted by Gasteiger charge is 2.52. The summed E-state index contributed by atoms with van der Waals surface area (Å²) < 4.78 is 6.11. The van der Waals surface area contributed by atoms with Gasteiger partial charge in [0.05, 0.1) is 11.5 Å². The number of aliphatic hydroxyl groups excluding tert-OH is 1. The maximum Gasteiger partial charge on any atom is 0.225 e. The molecule has 1 aromatic carbocycles. The molecular formula is C19H19N3O3. The van der Waals surface area contributed by atoms with Crippen molar-refractivity contribution in [1.82, 2.24) is 9.97 Å². The maximum atomic E-state index is 10.3. The molecule has 1 spiro atoms. The van der Waals surface area contributed by atoms with Gasteiger partial charge in [0.15, 0.2) is 11.5 Å². The normalized spacial score (nSPS) is 29.6. The van der Waals surface area contributed by atoms with E-state index in [0.29, 0.717) is 24.7 Å². The lowest BCUT2D eigenvalue weighted by molar-refractivity contribution is 0.0856. The fourth-order valence-electron chi connectivity index (χ4n) is 4.41. The number of hydrogen-bond donors (Lipinski definition) is 2. The van der Waals surface area contributed by atoms with Crippen molar-refractivity contribution in [2.24, 2.45) is 0 Å². The van der Waals surface area contributed by atoms with Crippen LogP contribution in [0.4, 0.5) is 5.95 Å². The highest BCUT2D eigenvalue weighted by molar-refractivity contribution is 5.61. The first-order valence-electron chi connectivity index (χ1n) is 8.59. The minimum atomic E-state index is -0.507. The quantitative estimate of drug-likeness (QED) is 0.774. The molecule has 25 heavy (non-hydrogen) atoms. The summed E-state index contributed by atoms with van der Waals surface area (Å²) >= 11 is 0. The second-order valence-corrected chi connectivity index (χ2v) is 6.98. The number of nitrogens with zero attached hydrogens (tertiary/aromatic N) is 3. The molecule has 3 aliphatic rings. The Morgan fingerprint density at radius 3 is 2.92 bits per heavy atom. The number of rotatable bonds is 1. The van der Waals surface area contributed by atoms with Gasteiger partial charge in [-0.2, -0.15) is 0 Å². The van der Waals surface area contributed by atoms with Gasteiger partial charge in [-0.1, -0.05) is 18.2 Å². The second-order valence-electron chi connectivity index (χ2n) is 6.98. The van der Waals surface area contributed by atoms with Crippen molar-refractivity contribution in [3.05, 3.63) is 53.9 Å². The zero-order valence-electron chi connectivity index (χ0n) is 13.7. The number of anilines is 1. The summed E-state index contributed by atoms with van der Waals surface area (Å²) in [6.45, 7) is 1.44. The van der Waals surface area contributed by atoms with Gasteiger partial charge >= 0.3 is 0 Å². The number of phenols is 1. The molecule has 3 atom stereocenters. The molecule has 6 heteroatoms. The van der Waals surface area contributed by atoms with Crippen molar-refractivity contribution in [2.45, 2.75) is 37.0 Å². The third kappa shape index (κ3) is 2.07. The van der Waals surface area contributed by atoms with Crippen LogP contribution in [0.25, 0.3) is 0 Å². The van der Waals surface area contributed by atoms with Gasteiger partial charge in [0, 0.05) is 37.5 Å². The molecule has 0 fully saturated rings. The summed E-state index contributed by atoms with van der Waals surface area (Å²) in [7, 11) is 0. The predicted octanol–water partition coefficient (Wildman–Crippen LogP) is 1.91. The van der Waals surface area contributed by atoms with Crippen LogP contribution in [-0.2, 0) is 12.0 Å². The van der Waals surface area contributed by atoms with Crippen molar-refractivity contribution in [3.8, 4) is 11.5 Å². The highest BCUT2D eigenvalue weighted by atomic mass is 16.5. The molecule has 1 aromatic heterocycles. The molecule has 0 amide bonds. The first-order chi connectivity index (χ1) is 12.2. The number of aromatic nitrogens is 2. The molecule has 0 radical (unpaired) electrons. The molecular weight excluding hydrogens is 318 g/mol. The van der Waals surface area contributed by atoms with Crippen molar-refractivity contribution in [2.75, 3.05) is 11.4 Å². The van der Waals surface area contributed by atoms with Crippen LogP contribution in [0, 0.1) is 0 Å². The average molecular weight is 337 g/mol. The summed E-state index contributed by atoms with van der Waals surface area (Å²) in [5.41, 5.74) is 1.85. The lowest BCUT2D eigenvalue weighted by Crippen LogP contribution is -2.43. The van der Waals surface area contributed by atoms with Crippen LogP contribution in [0.15, 0.2) is 42.7 Å². The van der Waals surface area contributed by atoms with Crippen LogP contribution in [0.2, 0.25) is 0 Å². The number of aromatic hydroxyl groups is 1. The molecule has 2 N–H and O–H groups in total. The van der Waals surface area contributed by atoms with Crippen LogP contribution in [-0.4, -0.2) is 38.9 Å². The van der Waals surface area contributed by atoms with E-state index in [2.05, 4.69) is 20.9 Å². The Morgan fingerprint density at radius 1 is 1.24 bits per heavy atom. The van der Waals surface area contributed by atoms with E-state index in [1.54, 1.807) is 18.5 Å². The maximum absolute atomic E-state index is 10.3. The Morgan fingerprint density at radius 2 is 2.08 bits per heavy atom. The molecule has 3 heterocycles. The number of benzene rings is 1. The van der Waals surface area contributed by atoms with Crippen LogP contribution in [0.5, 0.6) is 11.5 Å². The molecule has 2 aliphatic heterocycles. The Balaban J connectivity index is 1.66. The molecule has 6 nitrogen and oxygen atoms in total. The first kappa shape index (κ1) is 14.7. The van der Waals surface area contributed by atoms with Crippen LogP contribution in [0.3, 0.4) is 0 Å². The van der Waals surface area contributed by atoms with Crippen LogP contribution >= 0.6 is 0 Å². The average Bonchev–Trinajstić information content (AvgIpc) is 2.87. The second kappa shape index (κ2) is 5.20. The molecule has 0 saturated carbocycles. The van der Waals surface area contributed by atoms with E-state index in [1.165, 1.54) is 0 Å². The van der Waals surface area contributed by atoms with Crippen LogP contribution < -0.4 is 9.64 Å². The van der Waals surface area contributed by atoms with E-state index >= 15 is 0 Å². The van der Waals surface area contributed by atoms with Crippen molar-refractivity contribution >= 4 is 5.95 Å². The number of ether oxygens (including phenoxy) is 1. The van der Waals surface area contributed by atoms with Crippen molar-refractivity contribution in [1.29, 1.82) is 0 Å². The summed E-state index contributed by atoms with van der Waals surface area (Å²) in [6.07, 6.45) is 8.13. The minimum absolute atomic E-state index is 0.161. The Hall–Kier alpha value is -2.60. The van der Waals surface area contributed by atoms with E-state index in [-0.39, 0.29) is 17.3 Å². The summed E-state index contributed by atoms with van der Waals surface area (Å²) in [4.78, 5) is 10.9. The monoisotopic (exact) mass is 337 g/mol. The Kier molecular flexibility index (Phi) is 3.06. The zero-order valence-corrected chi connectivity index (χ0v) is 13.7. The molecule has 0 unspecified atom stereocenters. The van der Waals surface area contributed by atoms with Gasteiger partial charge in [0.25, 0.3) is 0 Å². The van der Waals surface area contributed by atoms with Crippen LogP contribution in [0.1, 0.15) is 24.0 Å². The van der Waals surface area contributed by atoms with E-state index in [4.69, 9.17) is 4.74 Å². The Bertz CT molecular complexity index is 854. The van der Waals surface area contributed by atoms with Gasteiger partial charge in [0.2, 0.25) is 5.95 Å². The standard InChI is InChI=1S/C19H19N3O3/c23-13-4-5-19-6-9-22(18-20-7-1-8-21-18)11-12-2-3-14(24)17(16(12)19)25-15(19)10-13/h1-5,7-8,13,15,23-24H,6,9-11H2/t13-,15-,19-/m0/s1. The van der Waals surface area contributed by atoms with Gasteiger partial charge in [-0.05, 0) is 24.1 Å². The first-order valence-corrected chi connectivity index (χ1v) is 8.59. The van der Waals surface area contributed by atoms with Gasteiger partial charge < -0.3 is 19.8 Å². The molecule has 0 bridgehead atoms. The summed E-state index contributed by atoms with van der Waals surface area (Å²) in [6, 6.07) is 5.46. The van der Waals surface area contributed by atoms with E-state index < -0.39 is 6.10 Å². The largest absolute Gasteiger partial charge is 0.504 e. The topological polar surface area (TPSA) is 78.7 Å². The third-order valence-electron chi connectivity index (χ3n) is 5.59. The molecule has 2 aromatic rings. The Labute approximate surface area is 145 Å². The van der Waals surface area contributed by atoms with Gasteiger partial charge in [0.1, 0.15) is 6.10 Å². The summed E-state index contributed by atoms with van der Waals surface area (Å²) in [5, 5.41) is 20.4. The smallest absolute Gasteiger partial charge is 0.225 e. The minimum Gasteiger partial charge on any atom is -0.504 e. The van der Waals surface area contributed by atoms with Crippen molar-refractivity contribution < 1.29 is 14.9 Å². The van der Waals surface area contributed by atoms with Gasteiger partial charge in [-0.25, -0.2) is 9.97 Å². The van der Waals surface area contributed by atoms with Crippen molar-refractivity contribution in [3.63, 3.8) is 0 Å². The molecule has 128 valence electrons. The number of phenolic OH excluding ortho intramolecular Hbond substituents is 1. The van der Waals surface area contributed by atoms with Gasteiger partial charge in [-0.3, -0.25) is 0 Å². The molecule has 1 aliphatic carbocycles. The SMILES string of the molecule is Oc1ccc2c3c1O[C@H]1C[C@@H](O)C=C[C@@]31CCN(c1ncccn1)C2. The highest BCUT2D eigenvalue weighted by Crippen LogP contribution is 2.55. The predicted molar refractivity (Wildman–Crippen MR) is 91.7 cm³/mol. The zero-order chi connectivity index (χ0) is 17.0. The number of aliphatic hydroxyl groups is 1. The van der Waals surface area contributed by atoms with Gasteiger partial charge in [-0.15, -0.1) is 0 Å². The molecule has 5 rings (SSSR count). The fourth-order valence-corrected chi connectivity index (χ4v) is 4.41. The van der Waals surface area contributed by atoms with E-state index in [0.717, 1.165) is 24.1 Å². The van der Waals surface area contributed by atoms with E-state index in [9.17, 15) is 10.2 Å². The third-order valence-corrected chi connectivity index (χ3v) is 5.59. The summed E-state index contributed by atoms with van der Waals surface area (Å²) in [5.74, 6) is 1.44. The lowest BCUT2D eigenvalue weighted by atomic mass is 9.69. The number of hydrogen-bond acceptors (Lipinski definition) is 6. The molecule has 0 saturated heterocycles. The fraction of sp³-hybridized carbons (Fsp3) is 0.368. The van der Waals surface area contributed by atoms with E-state index in [1.807, 2.05) is 18.2 Å².